The summed E-state index contributed by atoms with van der Waals surface area (Å²) in [6, 6.07) is 24.3. The van der Waals surface area contributed by atoms with Gasteiger partial charge in [-0.25, -0.2) is 9.80 Å². The van der Waals surface area contributed by atoms with E-state index in [1.165, 1.54) is 17.0 Å². The van der Waals surface area contributed by atoms with Crippen molar-refractivity contribution in [2.24, 2.45) is 11.1 Å². The van der Waals surface area contributed by atoms with Gasteiger partial charge in [0.05, 0.1) is 18.8 Å². The van der Waals surface area contributed by atoms with Gasteiger partial charge in [-0.2, -0.15) is 0 Å². The number of carbonyl (C=O) groups is 3. The number of carbonyl (C=O) groups excluding carboxylic acids is 3. The minimum atomic E-state index is -0.974. The van der Waals surface area contributed by atoms with Gasteiger partial charge in [0.2, 0.25) is 5.91 Å². The lowest BCUT2D eigenvalue weighted by atomic mass is 9.86. The van der Waals surface area contributed by atoms with E-state index in [0.29, 0.717) is 24.3 Å². The Kier molecular flexibility index (Phi) is 8.77. The second-order valence-corrected chi connectivity index (χ2v) is 11.4. The van der Waals surface area contributed by atoms with E-state index in [1.807, 2.05) is 81.4 Å². The lowest BCUT2D eigenvalue weighted by Crippen LogP contribution is -2.57. The zero-order valence-corrected chi connectivity index (χ0v) is 23.5. The third kappa shape index (κ3) is 6.81. The highest BCUT2D eigenvalue weighted by molar-refractivity contribution is 6.00. The smallest absolute Gasteiger partial charge is 0.320 e. The van der Waals surface area contributed by atoms with Crippen LogP contribution in [0.1, 0.15) is 63.1 Å². The van der Waals surface area contributed by atoms with Gasteiger partial charge in [0.15, 0.2) is 0 Å². The highest BCUT2D eigenvalue weighted by Gasteiger charge is 2.43. The van der Waals surface area contributed by atoms with Crippen LogP contribution < -0.4 is 20.8 Å². The van der Waals surface area contributed by atoms with Crippen molar-refractivity contribution >= 4 is 23.5 Å². The Morgan fingerprint density at radius 3 is 2.15 bits per heavy atom. The first-order valence-electron chi connectivity index (χ1n) is 13.5. The van der Waals surface area contributed by atoms with E-state index in [2.05, 4.69) is 5.43 Å². The molecule has 1 aliphatic heterocycles. The summed E-state index contributed by atoms with van der Waals surface area (Å²) in [6.07, 6.45) is 1.08. The number of nitrogens with two attached hydrogens (primary N) is 1. The monoisotopic (exact) mass is 542 g/mol. The summed E-state index contributed by atoms with van der Waals surface area (Å²) in [5.41, 5.74) is 11.0. The van der Waals surface area contributed by atoms with Crippen LogP contribution in [0.5, 0.6) is 5.75 Å². The molecule has 4 rings (SSSR count). The predicted octanol–water partition coefficient (Wildman–Crippen LogP) is 5.56. The van der Waals surface area contributed by atoms with Crippen molar-refractivity contribution in [1.82, 2.24) is 10.4 Å². The van der Waals surface area contributed by atoms with Crippen molar-refractivity contribution in [3.63, 3.8) is 0 Å². The third-order valence-electron chi connectivity index (χ3n) is 7.12. The molecule has 8 nitrogen and oxygen atoms in total. The SMILES string of the molecule is COc1cccc(N(C(N)=O)[C@@H]2C[C@@H](c3ccccc3)CC(c3ccccc3)N(NC(=O)CC(C)(C)C)C2=O)c1. The van der Waals surface area contributed by atoms with Crippen LogP contribution in [0.4, 0.5) is 10.5 Å². The van der Waals surface area contributed by atoms with Gasteiger partial charge in [0.1, 0.15) is 11.8 Å². The van der Waals surface area contributed by atoms with Crippen LogP contribution in [0.3, 0.4) is 0 Å². The second kappa shape index (κ2) is 12.2. The van der Waals surface area contributed by atoms with Gasteiger partial charge in [0, 0.05) is 12.5 Å². The molecule has 0 radical (unpaired) electrons. The van der Waals surface area contributed by atoms with Crippen molar-refractivity contribution < 1.29 is 19.1 Å². The minimum absolute atomic E-state index is 0.114. The molecule has 1 saturated heterocycles. The molecule has 4 amide bonds. The maximum absolute atomic E-state index is 14.5. The molecule has 1 fully saturated rings. The molecule has 0 saturated carbocycles. The number of amides is 4. The lowest BCUT2D eigenvalue weighted by Gasteiger charge is -2.35. The number of methoxy groups -OCH3 is 1. The highest BCUT2D eigenvalue weighted by atomic mass is 16.5. The summed E-state index contributed by atoms with van der Waals surface area (Å²) in [5, 5.41) is 1.42. The molecule has 3 aromatic rings. The fourth-order valence-electron chi connectivity index (χ4n) is 5.34. The molecule has 3 atom stereocenters. The van der Waals surface area contributed by atoms with Crippen molar-refractivity contribution in [3.8, 4) is 5.75 Å². The molecule has 0 spiro atoms. The number of primary amides is 1. The van der Waals surface area contributed by atoms with Crippen molar-refractivity contribution in [2.45, 2.75) is 58.0 Å². The van der Waals surface area contributed by atoms with E-state index in [4.69, 9.17) is 10.5 Å². The molecule has 1 unspecified atom stereocenters. The molecule has 3 aromatic carbocycles. The van der Waals surface area contributed by atoms with E-state index in [-0.39, 0.29) is 23.7 Å². The highest BCUT2D eigenvalue weighted by Crippen LogP contribution is 2.40. The van der Waals surface area contributed by atoms with Crippen LogP contribution in [-0.2, 0) is 9.59 Å². The number of hydrogen-bond donors (Lipinski definition) is 2. The van der Waals surface area contributed by atoms with Crippen LogP contribution in [-0.4, -0.2) is 36.0 Å². The Hall–Kier alpha value is -4.33. The molecular formula is C32H38N4O4. The van der Waals surface area contributed by atoms with E-state index >= 15 is 0 Å². The number of nitrogens with one attached hydrogen (secondary N) is 1. The van der Waals surface area contributed by atoms with E-state index in [0.717, 1.165) is 11.1 Å². The average molecular weight is 543 g/mol. The number of hydrogen-bond acceptors (Lipinski definition) is 4. The standard InChI is InChI=1S/C32H38N4O4/c1-32(2,3)21-29(37)34-36-27(23-14-9-6-10-15-23)18-24(22-12-7-5-8-13-22)19-28(30(36)38)35(31(33)39)25-16-11-17-26(20-25)40-4/h5-17,20,24,27-28H,18-19,21H2,1-4H3,(H2,33,39)(H,34,37)/t24-,27?,28+/m0/s1. The molecule has 0 aliphatic carbocycles. The predicted molar refractivity (Wildman–Crippen MR) is 156 cm³/mol. The normalized spacial score (nSPS) is 19.4. The quantitative estimate of drug-likeness (QED) is 0.408. The molecular weight excluding hydrogens is 504 g/mol. The lowest BCUT2D eigenvalue weighted by molar-refractivity contribution is -0.145. The number of anilines is 1. The van der Waals surface area contributed by atoms with E-state index in [1.54, 1.807) is 24.3 Å². The number of urea groups is 1. The Balaban J connectivity index is 1.85. The molecule has 0 aromatic heterocycles. The maximum atomic E-state index is 14.5. The summed E-state index contributed by atoms with van der Waals surface area (Å²) in [4.78, 5) is 42.1. The van der Waals surface area contributed by atoms with Gasteiger partial charge < -0.3 is 10.5 Å². The molecule has 0 bridgehead atoms. The zero-order chi connectivity index (χ0) is 28.9. The fourth-order valence-corrected chi connectivity index (χ4v) is 5.34. The average Bonchev–Trinajstić information content (AvgIpc) is 3.06. The first kappa shape index (κ1) is 28.7. The second-order valence-electron chi connectivity index (χ2n) is 11.4. The van der Waals surface area contributed by atoms with Crippen molar-refractivity contribution in [1.29, 1.82) is 0 Å². The maximum Gasteiger partial charge on any atom is 0.320 e. The molecule has 210 valence electrons. The summed E-state index contributed by atoms with van der Waals surface area (Å²) >= 11 is 0. The van der Waals surface area contributed by atoms with Crippen LogP contribution in [0.15, 0.2) is 84.9 Å². The van der Waals surface area contributed by atoms with Crippen LogP contribution in [0.25, 0.3) is 0 Å². The molecule has 40 heavy (non-hydrogen) atoms. The van der Waals surface area contributed by atoms with Crippen molar-refractivity contribution in [3.05, 3.63) is 96.1 Å². The van der Waals surface area contributed by atoms with Crippen molar-refractivity contribution in [2.75, 3.05) is 12.0 Å². The fraction of sp³-hybridized carbons (Fsp3) is 0.344. The van der Waals surface area contributed by atoms with Gasteiger partial charge in [-0.3, -0.25) is 19.9 Å². The van der Waals surface area contributed by atoms with E-state index in [9.17, 15) is 14.4 Å². The Morgan fingerprint density at radius 2 is 1.57 bits per heavy atom. The molecule has 3 N–H and O–H groups in total. The summed E-state index contributed by atoms with van der Waals surface area (Å²) < 4.78 is 5.38. The largest absolute Gasteiger partial charge is 0.497 e. The zero-order valence-electron chi connectivity index (χ0n) is 23.5. The molecule has 1 aliphatic rings. The van der Waals surface area contributed by atoms with Gasteiger partial charge in [-0.05, 0) is 47.4 Å². The first-order valence-corrected chi connectivity index (χ1v) is 13.5. The topological polar surface area (TPSA) is 105 Å². The number of hydrazine groups is 1. The minimum Gasteiger partial charge on any atom is -0.497 e. The van der Waals surface area contributed by atoms with E-state index < -0.39 is 24.0 Å². The molecule has 1 heterocycles. The third-order valence-corrected chi connectivity index (χ3v) is 7.12. The summed E-state index contributed by atoms with van der Waals surface area (Å²) in [5.74, 6) is -0.263. The Bertz CT molecular complexity index is 1320. The first-order chi connectivity index (χ1) is 19.1. The Morgan fingerprint density at radius 1 is 0.950 bits per heavy atom. The Labute approximate surface area is 236 Å². The summed E-state index contributed by atoms with van der Waals surface area (Å²) in [6.45, 7) is 5.91. The van der Waals surface area contributed by atoms with Gasteiger partial charge in [-0.1, -0.05) is 87.5 Å². The van der Waals surface area contributed by atoms with Gasteiger partial charge in [-0.15, -0.1) is 0 Å². The number of ether oxygens (including phenoxy) is 1. The summed E-state index contributed by atoms with van der Waals surface area (Å²) in [7, 11) is 1.53. The molecule has 8 heteroatoms. The van der Waals surface area contributed by atoms with Crippen LogP contribution >= 0.6 is 0 Å². The number of nitrogens with zero attached hydrogens (tertiary/aromatic N) is 2. The van der Waals surface area contributed by atoms with Gasteiger partial charge >= 0.3 is 6.03 Å². The number of rotatable bonds is 7. The van der Waals surface area contributed by atoms with Crippen LogP contribution in [0, 0.1) is 5.41 Å². The number of benzene rings is 3. The van der Waals surface area contributed by atoms with Gasteiger partial charge in [0.25, 0.3) is 5.91 Å². The van der Waals surface area contributed by atoms with Crippen LogP contribution in [0.2, 0.25) is 0 Å².